The summed E-state index contributed by atoms with van der Waals surface area (Å²) in [6.45, 7) is 1.77. The van der Waals surface area contributed by atoms with Crippen LogP contribution in [0.25, 0.3) is 0 Å². The van der Waals surface area contributed by atoms with Gasteiger partial charge in [0.05, 0.1) is 12.6 Å². The van der Waals surface area contributed by atoms with E-state index in [1.54, 1.807) is 28.2 Å². The molecule has 2 saturated heterocycles. The van der Waals surface area contributed by atoms with E-state index in [4.69, 9.17) is 9.57 Å². The van der Waals surface area contributed by atoms with Crippen LogP contribution in [-0.2, 0) is 21.5 Å². The Labute approximate surface area is 176 Å². The van der Waals surface area contributed by atoms with Crippen LogP contribution >= 0.6 is 11.8 Å². The molecule has 2 atom stereocenters. The molecule has 0 saturated carbocycles. The molecule has 2 heterocycles. The summed E-state index contributed by atoms with van der Waals surface area (Å²) in [6, 6.07) is 17.3. The van der Waals surface area contributed by atoms with E-state index in [9.17, 15) is 8.42 Å². The van der Waals surface area contributed by atoms with Crippen molar-refractivity contribution in [1.29, 1.82) is 0 Å². The van der Waals surface area contributed by atoms with Gasteiger partial charge < -0.3 is 4.74 Å². The van der Waals surface area contributed by atoms with Crippen molar-refractivity contribution in [2.75, 3.05) is 38.2 Å². The Morgan fingerprint density at radius 1 is 1.10 bits per heavy atom. The van der Waals surface area contributed by atoms with Crippen molar-refractivity contribution in [2.45, 2.75) is 17.9 Å². The standard InChI is InChI=1S/C21H26N2O4S2/c1-22-21(20(16-27-22)29(24,25)23-10-12-28-13-11-23)18-8-5-9-19(14-18)26-15-17-6-3-2-4-7-17/h2-9,14,20-21H,10-13,15-16H2,1H3/t20-,21+/m0/s1. The van der Waals surface area contributed by atoms with Crippen LogP contribution in [0.3, 0.4) is 0 Å². The van der Waals surface area contributed by atoms with Crippen molar-refractivity contribution < 1.29 is 18.0 Å². The molecule has 0 amide bonds. The Morgan fingerprint density at radius 3 is 2.62 bits per heavy atom. The molecular weight excluding hydrogens is 408 g/mol. The lowest BCUT2D eigenvalue weighted by atomic mass is 10.0. The van der Waals surface area contributed by atoms with Crippen molar-refractivity contribution in [2.24, 2.45) is 0 Å². The fraction of sp³-hybridized carbons (Fsp3) is 0.429. The van der Waals surface area contributed by atoms with Gasteiger partial charge in [0.1, 0.15) is 17.6 Å². The smallest absolute Gasteiger partial charge is 0.221 e. The molecule has 0 spiro atoms. The number of rotatable bonds is 6. The predicted molar refractivity (Wildman–Crippen MR) is 115 cm³/mol. The van der Waals surface area contributed by atoms with Gasteiger partial charge in [0, 0.05) is 31.6 Å². The largest absolute Gasteiger partial charge is 0.489 e. The first-order valence-electron chi connectivity index (χ1n) is 9.75. The zero-order chi connectivity index (χ0) is 20.3. The molecule has 0 N–H and O–H groups in total. The third-order valence-electron chi connectivity index (χ3n) is 5.35. The van der Waals surface area contributed by atoms with Gasteiger partial charge in [-0.15, -0.1) is 0 Å². The molecule has 4 rings (SSSR count). The van der Waals surface area contributed by atoms with E-state index in [0.717, 1.165) is 28.4 Å². The van der Waals surface area contributed by atoms with E-state index in [1.807, 2.05) is 54.6 Å². The Bertz CT molecular complexity index is 917. The maximum Gasteiger partial charge on any atom is 0.221 e. The zero-order valence-corrected chi connectivity index (χ0v) is 18.1. The summed E-state index contributed by atoms with van der Waals surface area (Å²) < 4.78 is 34.2. The summed E-state index contributed by atoms with van der Waals surface area (Å²) in [6.07, 6.45) is 0. The average molecular weight is 435 g/mol. The highest BCUT2D eigenvalue weighted by Crippen LogP contribution is 2.36. The molecule has 2 aromatic carbocycles. The average Bonchev–Trinajstić information content (AvgIpc) is 3.16. The van der Waals surface area contributed by atoms with Crippen molar-refractivity contribution >= 4 is 21.8 Å². The lowest BCUT2D eigenvalue weighted by Gasteiger charge is -2.31. The van der Waals surface area contributed by atoms with Gasteiger partial charge in [-0.3, -0.25) is 4.84 Å². The molecule has 2 aromatic rings. The van der Waals surface area contributed by atoms with E-state index in [1.165, 1.54) is 0 Å². The van der Waals surface area contributed by atoms with E-state index in [-0.39, 0.29) is 12.6 Å². The van der Waals surface area contributed by atoms with Crippen LogP contribution in [0.1, 0.15) is 17.2 Å². The van der Waals surface area contributed by atoms with E-state index >= 15 is 0 Å². The van der Waals surface area contributed by atoms with Crippen LogP contribution in [0.5, 0.6) is 5.75 Å². The van der Waals surface area contributed by atoms with Crippen molar-refractivity contribution in [1.82, 2.24) is 9.37 Å². The first-order chi connectivity index (χ1) is 14.1. The number of sulfonamides is 1. The molecule has 0 radical (unpaired) electrons. The van der Waals surface area contributed by atoms with Gasteiger partial charge in [-0.2, -0.15) is 21.1 Å². The minimum Gasteiger partial charge on any atom is -0.489 e. The van der Waals surface area contributed by atoms with Gasteiger partial charge in [0.25, 0.3) is 0 Å². The SMILES string of the molecule is CN1OC[C@H](S(=O)(=O)N2CCSCC2)[C@H]1c1cccc(OCc2ccccc2)c1. The molecule has 156 valence electrons. The minimum absolute atomic E-state index is 0.169. The first-order valence-corrected chi connectivity index (χ1v) is 12.4. The number of nitrogens with zero attached hydrogens (tertiary/aromatic N) is 2. The Morgan fingerprint density at radius 2 is 1.86 bits per heavy atom. The second-order valence-electron chi connectivity index (χ2n) is 7.23. The van der Waals surface area contributed by atoms with Crippen LogP contribution < -0.4 is 4.74 Å². The second kappa shape index (κ2) is 9.06. The number of benzene rings is 2. The van der Waals surface area contributed by atoms with Crippen molar-refractivity contribution in [3.63, 3.8) is 0 Å². The summed E-state index contributed by atoms with van der Waals surface area (Å²) in [5.41, 5.74) is 1.97. The molecule has 29 heavy (non-hydrogen) atoms. The molecule has 2 aliphatic rings. The molecule has 2 fully saturated rings. The molecule has 0 aromatic heterocycles. The quantitative estimate of drug-likeness (QED) is 0.697. The van der Waals surface area contributed by atoms with Gasteiger partial charge in [0.2, 0.25) is 10.0 Å². The Kier molecular flexibility index (Phi) is 6.46. The zero-order valence-electron chi connectivity index (χ0n) is 16.4. The monoisotopic (exact) mass is 434 g/mol. The van der Waals surface area contributed by atoms with E-state index in [2.05, 4.69) is 0 Å². The molecular formula is C21H26N2O4S2. The highest BCUT2D eigenvalue weighted by Gasteiger charge is 2.46. The molecule has 0 unspecified atom stereocenters. The van der Waals surface area contributed by atoms with E-state index in [0.29, 0.717) is 19.7 Å². The third kappa shape index (κ3) is 4.62. The highest BCUT2D eigenvalue weighted by molar-refractivity contribution is 7.99. The number of thioether (sulfide) groups is 1. The first kappa shape index (κ1) is 20.7. The van der Waals surface area contributed by atoms with Crippen molar-refractivity contribution in [3.05, 3.63) is 65.7 Å². The van der Waals surface area contributed by atoms with Gasteiger partial charge in [-0.05, 0) is 23.3 Å². The third-order valence-corrected chi connectivity index (χ3v) is 8.53. The maximum absolute atomic E-state index is 13.3. The minimum atomic E-state index is -3.45. The highest BCUT2D eigenvalue weighted by atomic mass is 32.2. The molecule has 6 nitrogen and oxygen atoms in total. The van der Waals surface area contributed by atoms with Gasteiger partial charge in [0.15, 0.2) is 0 Å². The van der Waals surface area contributed by atoms with Gasteiger partial charge >= 0.3 is 0 Å². The summed E-state index contributed by atoms with van der Waals surface area (Å²) in [5.74, 6) is 2.41. The number of hydrogen-bond donors (Lipinski definition) is 0. The fourth-order valence-corrected chi connectivity index (χ4v) is 6.89. The van der Waals surface area contributed by atoms with Crippen LogP contribution in [-0.4, -0.2) is 61.3 Å². The molecule has 8 heteroatoms. The topological polar surface area (TPSA) is 59.1 Å². The summed E-state index contributed by atoms with van der Waals surface area (Å²) in [7, 11) is -1.65. The van der Waals surface area contributed by atoms with Crippen LogP contribution in [0.2, 0.25) is 0 Å². The van der Waals surface area contributed by atoms with Crippen LogP contribution in [0, 0.1) is 0 Å². The van der Waals surface area contributed by atoms with E-state index < -0.39 is 15.3 Å². The lowest BCUT2D eigenvalue weighted by molar-refractivity contribution is -0.110. The number of hydrogen-bond acceptors (Lipinski definition) is 6. The summed E-state index contributed by atoms with van der Waals surface area (Å²) >= 11 is 1.80. The Hall–Kier alpha value is -1.58. The predicted octanol–water partition coefficient (Wildman–Crippen LogP) is 2.93. The molecule has 0 aliphatic carbocycles. The van der Waals surface area contributed by atoms with Crippen LogP contribution in [0.4, 0.5) is 0 Å². The second-order valence-corrected chi connectivity index (χ2v) is 10.6. The number of ether oxygens (including phenoxy) is 1. The molecule has 0 bridgehead atoms. The lowest BCUT2D eigenvalue weighted by Crippen LogP contribution is -2.45. The number of hydroxylamine groups is 2. The normalized spacial score (nSPS) is 23.9. The maximum atomic E-state index is 13.3. The summed E-state index contributed by atoms with van der Waals surface area (Å²) in [5, 5.41) is 1.04. The molecule has 2 aliphatic heterocycles. The summed E-state index contributed by atoms with van der Waals surface area (Å²) in [4.78, 5) is 5.66. The fourth-order valence-electron chi connectivity index (χ4n) is 3.79. The van der Waals surface area contributed by atoms with Gasteiger partial charge in [-0.1, -0.05) is 42.5 Å². The van der Waals surface area contributed by atoms with Crippen molar-refractivity contribution in [3.8, 4) is 5.75 Å². The van der Waals surface area contributed by atoms with Gasteiger partial charge in [-0.25, -0.2) is 8.42 Å². The van der Waals surface area contributed by atoms with Crippen LogP contribution in [0.15, 0.2) is 54.6 Å². The Balaban J connectivity index is 1.54.